The highest BCUT2D eigenvalue weighted by Gasteiger charge is 2.29. The normalized spacial score (nSPS) is 17.8. The molecule has 1 N–H and O–H groups in total. The average Bonchev–Trinajstić information content (AvgIpc) is 2.73. The molecule has 0 spiro atoms. The quantitative estimate of drug-likeness (QED) is 0.881. The van der Waals surface area contributed by atoms with Crippen LogP contribution in [0.2, 0.25) is 0 Å². The Morgan fingerprint density at radius 1 is 1.15 bits per heavy atom. The van der Waals surface area contributed by atoms with Crippen molar-refractivity contribution in [3.8, 4) is 0 Å². The Morgan fingerprint density at radius 2 is 1.81 bits per heavy atom. The van der Waals surface area contributed by atoms with Gasteiger partial charge in [-0.3, -0.25) is 4.79 Å². The zero-order chi connectivity index (χ0) is 19.1. The molecule has 142 valence electrons. The van der Waals surface area contributed by atoms with E-state index >= 15 is 0 Å². The number of hydrogen-bond acceptors (Lipinski definition) is 4. The second-order valence-corrected chi connectivity index (χ2v) is 6.48. The molecule has 1 fully saturated rings. The van der Waals surface area contributed by atoms with Crippen molar-refractivity contribution >= 4 is 12.0 Å². The zero-order valence-corrected chi connectivity index (χ0v) is 15.3. The molecule has 1 aliphatic heterocycles. The summed E-state index contributed by atoms with van der Waals surface area (Å²) >= 11 is 0. The summed E-state index contributed by atoms with van der Waals surface area (Å²) in [4.78, 5) is 26.4. The second-order valence-electron chi connectivity index (χ2n) is 6.48. The van der Waals surface area contributed by atoms with Crippen LogP contribution in [0.4, 0.5) is 4.79 Å². The third-order valence-electron chi connectivity index (χ3n) is 4.47. The van der Waals surface area contributed by atoms with Gasteiger partial charge in [-0.25, -0.2) is 4.79 Å². The molecule has 2 amide bonds. The standard InChI is InChI=1S/C21H24N2O4/c1-16(22-21(25)27-15-17-8-4-2-5-9-17)20(24)23-12-13-26-19(14-23)18-10-6-3-7-11-18/h2-11,16,19H,12-15H2,1H3,(H,22,25)/t16-,19-/m0/s1. The molecular weight excluding hydrogens is 344 g/mol. The first-order chi connectivity index (χ1) is 13.1. The lowest BCUT2D eigenvalue weighted by atomic mass is 10.1. The number of morpholine rings is 1. The van der Waals surface area contributed by atoms with E-state index in [1.165, 1.54) is 0 Å². The van der Waals surface area contributed by atoms with Gasteiger partial charge in [0.05, 0.1) is 13.2 Å². The average molecular weight is 368 g/mol. The van der Waals surface area contributed by atoms with E-state index in [0.717, 1.165) is 11.1 Å². The van der Waals surface area contributed by atoms with Crippen molar-refractivity contribution in [1.29, 1.82) is 0 Å². The second kappa shape index (κ2) is 9.19. The van der Waals surface area contributed by atoms with Crippen molar-refractivity contribution in [2.75, 3.05) is 19.7 Å². The van der Waals surface area contributed by atoms with Crippen LogP contribution in [-0.4, -0.2) is 42.6 Å². The molecule has 2 atom stereocenters. The van der Waals surface area contributed by atoms with Gasteiger partial charge < -0.3 is 19.7 Å². The third-order valence-corrected chi connectivity index (χ3v) is 4.47. The molecule has 1 heterocycles. The summed E-state index contributed by atoms with van der Waals surface area (Å²) in [5.41, 5.74) is 1.93. The van der Waals surface area contributed by atoms with Crippen LogP contribution >= 0.6 is 0 Å². The number of carbonyl (C=O) groups excluding carboxylic acids is 2. The Labute approximate surface area is 159 Å². The molecule has 2 aromatic carbocycles. The highest BCUT2D eigenvalue weighted by atomic mass is 16.5. The summed E-state index contributed by atoms with van der Waals surface area (Å²) < 4.78 is 11.0. The number of ether oxygens (including phenoxy) is 2. The maximum absolute atomic E-state index is 12.7. The molecule has 1 saturated heterocycles. The van der Waals surface area contributed by atoms with Crippen LogP contribution in [0, 0.1) is 0 Å². The lowest BCUT2D eigenvalue weighted by Gasteiger charge is -2.34. The molecule has 0 radical (unpaired) electrons. The summed E-state index contributed by atoms with van der Waals surface area (Å²) in [6.07, 6.45) is -0.756. The Morgan fingerprint density at radius 3 is 2.52 bits per heavy atom. The van der Waals surface area contributed by atoms with E-state index in [0.29, 0.717) is 19.7 Å². The summed E-state index contributed by atoms with van der Waals surface area (Å²) in [6, 6.07) is 18.6. The fraction of sp³-hybridized carbons (Fsp3) is 0.333. The summed E-state index contributed by atoms with van der Waals surface area (Å²) in [5.74, 6) is -0.143. The van der Waals surface area contributed by atoms with Crippen molar-refractivity contribution in [2.24, 2.45) is 0 Å². The molecule has 6 nitrogen and oxygen atoms in total. The van der Waals surface area contributed by atoms with Crippen LogP contribution in [0.3, 0.4) is 0 Å². The van der Waals surface area contributed by atoms with E-state index in [1.54, 1.807) is 11.8 Å². The number of amides is 2. The van der Waals surface area contributed by atoms with Gasteiger partial charge >= 0.3 is 6.09 Å². The van der Waals surface area contributed by atoms with E-state index < -0.39 is 12.1 Å². The van der Waals surface area contributed by atoms with Gasteiger partial charge in [0.1, 0.15) is 18.8 Å². The van der Waals surface area contributed by atoms with Crippen molar-refractivity contribution in [1.82, 2.24) is 10.2 Å². The van der Waals surface area contributed by atoms with Crippen molar-refractivity contribution in [2.45, 2.75) is 25.7 Å². The molecule has 1 aliphatic rings. The minimum Gasteiger partial charge on any atom is -0.445 e. The first-order valence-electron chi connectivity index (χ1n) is 9.06. The lowest BCUT2D eigenvalue weighted by Crippen LogP contribution is -2.51. The molecule has 0 unspecified atom stereocenters. The van der Waals surface area contributed by atoms with Crippen LogP contribution in [0.5, 0.6) is 0 Å². The molecule has 27 heavy (non-hydrogen) atoms. The number of rotatable bonds is 5. The molecule has 2 aromatic rings. The van der Waals surface area contributed by atoms with Gasteiger partial charge in [0.25, 0.3) is 0 Å². The van der Waals surface area contributed by atoms with Gasteiger partial charge in [-0.15, -0.1) is 0 Å². The first kappa shape index (κ1) is 18.9. The maximum Gasteiger partial charge on any atom is 0.408 e. The number of benzene rings is 2. The van der Waals surface area contributed by atoms with Gasteiger partial charge in [-0.05, 0) is 18.1 Å². The zero-order valence-electron chi connectivity index (χ0n) is 15.3. The van der Waals surface area contributed by atoms with Crippen molar-refractivity contribution < 1.29 is 19.1 Å². The van der Waals surface area contributed by atoms with E-state index in [-0.39, 0.29) is 18.6 Å². The van der Waals surface area contributed by atoms with Gasteiger partial charge in [-0.2, -0.15) is 0 Å². The van der Waals surface area contributed by atoms with Crippen molar-refractivity contribution in [3.05, 3.63) is 71.8 Å². The minimum absolute atomic E-state index is 0.143. The van der Waals surface area contributed by atoms with Crippen molar-refractivity contribution in [3.63, 3.8) is 0 Å². The highest BCUT2D eigenvalue weighted by molar-refractivity contribution is 5.85. The molecule has 0 aliphatic carbocycles. The molecule has 3 rings (SSSR count). The third kappa shape index (κ3) is 5.31. The molecule has 0 saturated carbocycles. The molecule has 6 heteroatoms. The maximum atomic E-state index is 12.7. The fourth-order valence-corrected chi connectivity index (χ4v) is 3.00. The highest BCUT2D eigenvalue weighted by Crippen LogP contribution is 2.22. The van der Waals surface area contributed by atoms with Gasteiger partial charge in [0.2, 0.25) is 5.91 Å². The topological polar surface area (TPSA) is 67.9 Å². The molecular formula is C21H24N2O4. The van der Waals surface area contributed by atoms with E-state index in [2.05, 4.69) is 5.32 Å². The lowest BCUT2D eigenvalue weighted by molar-refractivity contribution is -0.140. The SMILES string of the molecule is C[C@H](NC(=O)OCc1ccccc1)C(=O)N1CCO[C@H](c2ccccc2)C1. The Bertz CT molecular complexity index is 751. The van der Waals surface area contributed by atoms with Gasteiger partial charge in [0.15, 0.2) is 0 Å². The first-order valence-corrected chi connectivity index (χ1v) is 9.06. The van der Waals surface area contributed by atoms with Crippen LogP contribution in [0.25, 0.3) is 0 Å². The monoisotopic (exact) mass is 368 g/mol. The summed E-state index contributed by atoms with van der Waals surface area (Å²) in [5, 5.41) is 2.61. The van der Waals surface area contributed by atoms with E-state index in [1.807, 2.05) is 60.7 Å². The fourth-order valence-electron chi connectivity index (χ4n) is 3.00. The largest absolute Gasteiger partial charge is 0.445 e. The van der Waals surface area contributed by atoms with E-state index in [9.17, 15) is 9.59 Å². The Hall–Kier alpha value is -2.86. The molecule has 0 bridgehead atoms. The Kier molecular flexibility index (Phi) is 6.44. The van der Waals surface area contributed by atoms with Crippen LogP contribution in [-0.2, 0) is 20.9 Å². The minimum atomic E-state index is -0.664. The predicted molar refractivity (Wildman–Crippen MR) is 101 cm³/mol. The number of hydrogen-bond donors (Lipinski definition) is 1. The van der Waals surface area contributed by atoms with Gasteiger partial charge in [-0.1, -0.05) is 60.7 Å². The number of nitrogens with one attached hydrogen (secondary N) is 1. The van der Waals surface area contributed by atoms with Crippen LogP contribution in [0.1, 0.15) is 24.2 Å². The molecule has 0 aromatic heterocycles. The smallest absolute Gasteiger partial charge is 0.408 e. The van der Waals surface area contributed by atoms with Crippen LogP contribution in [0.15, 0.2) is 60.7 Å². The Balaban J connectivity index is 1.49. The van der Waals surface area contributed by atoms with E-state index in [4.69, 9.17) is 9.47 Å². The number of carbonyl (C=O) groups is 2. The number of alkyl carbamates (subject to hydrolysis) is 1. The summed E-state index contributed by atoms with van der Waals surface area (Å²) in [6.45, 7) is 3.28. The predicted octanol–water partition coefficient (Wildman–Crippen LogP) is 2.90. The number of nitrogens with zero attached hydrogens (tertiary/aromatic N) is 1. The summed E-state index contributed by atoms with van der Waals surface area (Å²) in [7, 11) is 0. The van der Waals surface area contributed by atoms with Gasteiger partial charge in [0, 0.05) is 6.54 Å². The van der Waals surface area contributed by atoms with Crippen LogP contribution < -0.4 is 5.32 Å².